The van der Waals surface area contributed by atoms with E-state index in [0.29, 0.717) is 12.2 Å². The first-order valence-electron chi connectivity index (χ1n) is 7.74. The van der Waals surface area contributed by atoms with Crippen LogP contribution in [0.2, 0.25) is 0 Å². The molecular formula is C17H20N4O2. The minimum absolute atomic E-state index is 0.221. The number of ether oxygens (including phenoxy) is 1. The molecule has 6 nitrogen and oxygen atoms in total. The van der Waals surface area contributed by atoms with Crippen molar-refractivity contribution in [2.45, 2.75) is 19.4 Å². The van der Waals surface area contributed by atoms with Crippen LogP contribution in [0.4, 0.5) is 5.82 Å². The van der Waals surface area contributed by atoms with Crippen molar-refractivity contribution in [2.24, 2.45) is 0 Å². The Balaban J connectivity index is 1.56. The monoisotopic (exact) mass is 312 g/mol. The molecule has 0 aliphatic carbocycles. The number of methoxy groups -OCH3 is 1. The van der Waals surface area contributed by atoms with Gasteiger partial charge in [-0.15, -0.1) is 0 Å². The van der Waals surface area contributed by atoms with E-state index < -0.39 is 0 Å². The lowest BCUT2D eigenvalue weighted by Gasteiger charge is -2.15. The number of amides is 1. The number of nitrogens with zero attached hydrogens (tertiary/aromatic N) is 3. The van der Waals surface area contributed by atoms with Crippen molar-refractivity contribution in [2.75, 3.05) is 25.1 Å². The van der Waals surface area contributed by atoms with E-state index in [1.807, 2.05) is 24.3 Å². The number of benzene rings is 1. The van der Waals surface area contributed by atoms with E-state index in [2.05, 4.69) is 20.2 Å². The van der Waals surface area contributed by atoms with Crippen LogP contribution in [0.3, 0.4) is 0 Å². The molecular weight excluding hydrogens is 292 g/mol. The molecule has 23 heavy (non-hydrogen) atoms. The van der Waals surface area contributed by atoms with Gasteiger partial charge in [-0.1, -0.05) is 12.1 Å². The molecule has 2 heterocycles. The number of carbonyl (C=O) groups excluding carboxylic acids is 1. The molecule has 0 saturated carbocycles. The molecule has 6 heteroatoms. The number of carbonyl (C=O) groups is 1. The molecule has 1 aliphatic heterocycles. The van der Waals surface area contributed by atoms with E-state index in [1.54, 1.807) is 13.3 Å². The Morgan fingerprint density at radius 2 is 1.91 bits per heavy atom. The summed E-state index contributed by atoms with van der Waals surface area (Å²) >= 11 is 0. The Bertz CT molecular complexity index is 649. The molecule has 1 saturated heterocycles. The third-order valence-electron chi connectivity index (χ3n) is 3.91. The standard InChI is InChI=1S/C17H20N4O2/c1-23-14-6-4-13(5-7-14)10-20-17(22)15-11-19-16(12-18-15)21-8-2-3-9-21/h4-7,11-12H,2-3,8-10H2,1H3,(H,20,22). The van der Waals surface area contributed by atoms with Crippen LogP contribution in [0.25, 0.3) is 0 Å². The Labute approximate surface area is 135 Å². The molecule has 0 radical (unpaired) electrons. The Morgan fingerprint density at radius 3 is 2.52 bits per heavy atom. The van der Waals surface area contributed by atoms with Gasteiger partial charge in [-0.25, -0.2) is 9.97 Å². The molecule has 3 rings (SSSR count). The van der Waals surface area contributed by atoms with Gasteiger partial charge < -0.3 is 15.0 Å². The minimum atomic E-state index is -0.221. The third kappa shape index (κ3) is 3.77. The number of rotatable bonds is 5. The van der Waals surface area contributed by atoms with Crippen LogP contribution in [-0.2, 0) is 6.54 Å². The maximum Gasteiger partial charge on any atom is 0.271 e. The maximum absolute atomic E-state index is 12.1. The summed E-state index contributed by atoms with van der Waals surface area (Å²) in [6, 6.07) is 7.57. The third-order valence-corrected chi connectivity index (χ3v) is 3.91. The first kappa shape index (κ1) is 15.3. The van der Waals surface area contributed by atoms with Gasteiger partial charge in [0, 0.05) is 19.6 Å². The fourth-order valence-electron chi connectivity index (χ4n) is 2.56. The molecule has 2 aromatic rings. The average Bonchev–Trinajstić information content (AvgIpc) is 3.15. The highest BCUT2D eigenvalue weighted by Gasteiger charge is 2.15. The van der Waals surface area contributed by atoms with E-state index in [1.165, 1.54) is 19.0 Å². The van der Waals surface area contributed by atoms with Crippen LogP contribution in [-0.4, -0.2) is 36.1 Å². The molecule has 1 fully saturated rings. The Hall–Kier alpha value is -2.63. The topological polar surface area (TPSA) is 67.3 Å². The highest BCUT2D eigenvalue weighted by Crippen LogP contribution is 2.16. The van der Waals surface area contributed by atoms with Crippen molar-refractivity contribution < 1.29 is 9.53 Å². The van der Waals surface area contributed by atoms with Gasteiger partial charge in [0.05, 0.1) is 19.5 Å². The van der Waals surface area contributed by atoms with Crippen LogP contribution in [0.1, 0.15) is 28.9 Å². The summed E-state index contributed by atoms with van der Waals surface area (Å²) < 4.78 is 5.11. The summed E-state index contributed by atoms with van der Waals surface area (Å²) in [7, 11) is 1.63. The summed E-state index contributed by atoms with van der Waals surface area (Å²) in [5.41, 5.74) is 1.34. The highest BCUT2D eigenvalue weighted by molar-refractivity contribution is 5.91. The second kappa shape index (κ2) is 7.09. The van der Waals surface area contributed by atoms with Gasteiger partial charge in [-0.3, -0.25) is 4.79 Å². The van der Waals surface area contributed by atoms with Crippen LogP contribution >= 0.6 is 0 Å². The fraction of sp³-hybridized carbons (Fsp3) is 0.353. The van der Waals surface area contributed by atoms with E-state index in [0.717, 1.165) is 30.2 Å². The quantitative estimate of drug-likeness (QED) is 0.915. The predicted octanol–water partition coefficient (Wildman–Crippen LogP) is 2.02. The molecule has 120 valence electrons. The van der Waals surface area contributed by atoms with Gasteiger partial charge in [0.2, 0.25) is 0 Å². The average molecular weight is 312 g/mol. The summed E-state index contributed by atoms with van der Waals surface area (Å²) in [5, 5.41) is 2.85. The molecule has 1 aliphatic rings. The lowest BCUT2D eigenvalue weighted by atomic mass is 10.2. The van der Waals surface area contributed by atoms with Crippen molar-refractivity contribution in [1.29, 1.82) is 0 Å². The predicted molar refractivity (Wildman–Crippen MR) is 87.6 cm³/mol. The van der Waals surface area contributed by atoms with Crippen molar-refractivity contribution in [3.63, 3.8) is 0 Å². The maximum atomic E-state index is 12.1. The van der Waals surface area contributed by atoms with Gasteiger partial charge >= 0.3 is 0 Å². The molecule has 1 amide bonds. The number of aromatic nitrogens is 2. The number of hydrogen-bond acceptors (Lipinski definition) is 5. The van der Waals surface area contributed by atoms with E-state index in [9.17, 15) is 4.79 Å². The zero-order valence-corrected chi connectivity index (χ0v) is 13.2. The number of hydrogen-bond donors (Lipinski definition) is 1. The van der Waals surface area contributed by atoms with Gasteiger partial charge in [0.25, 0.3) is 5.91 Å². The normalized spacial score (nSPS) is 13.9. The van der Waals surface area contributed by atoms with Crippen molar-refractivity contribution >= 4 is 11.7 Å². The SMILES string of the molecule is COc1ccc(CNC(=O)c2cnc(N3CCCC3)cn2)cc1. The van der Waals surface area contributed by atoms with Gasteiger partial charge in [0.1, 0.15) is 17.3 Å². The second-order valence-electron chi connectivity index (χ2n) is 5.48. The van der Waals surface area contributed by atoms with Gasteiger partial charge in [-0.05, 0) is 30.5 Å². The van der Waals surface area contributed by atoms with Crippen LogP contribution in [0.15, 0.2) is 36.7 Å². The van der Waals surface area contributed by atoms with Gasteiger partial charge in [0.15, 0.2) is 0 Å². The summed E-state index contributed by atoms with van der Waals surface area (Å²) in [4.78, 5) is 22.9. The Kier molecular flexibility index (Phi) is 4.71. The smallest absolute Gasteiger partial charge is 0.271 e. The largest absolute Gasteiger partial charge is 0.497 e. The summed E-state index contributed by atoms with van der Waals surface area (Å²) in [5.74, 6) is 1.42. The highest BCUT2D eigenvalue weighted by atomic mass is 16.5. The molecule has 0 atom stereocenters. The molecule has 1 aromatic carbocycles. The first-order chi connectivity index (χ1) is 11.3. The molecule has 1 N–H and O–H groups in total. The molecule has 0 unspecified atom stereocenters. The van der Waals surface area contributed by atoms with Crippen LogP contribution in [0, 0.1) is 0 Å². The lowest BCUT2D eigenvalue weighted by Crippen LogP contribution is -2.25. The fourth-order valence-corrected chi connectivity index (χ4v) is 2.56. The number of anilines is 1. The number of nitrogens with one attached hydrogen (secondary N) is 1. The van der Waals surface area contributed by atoms with Crippen molar-refractivity contribution in [3.8, 4) is 5.75 Å². The zero-order valence-electron chi connectivity index (χ0n) is 13.2. The van der Waals surface area contributed by atoms with E-state index in [-0.39, 0.29) is 5.91 Å². The Morgan fingerprint density at radius 1 is 1.17 bits per heavy atom. The second-order valence-corrected chi connectivity index (χ2v) is 5.48. The summed E-state index contributed by atoms with van der Waals surface area (Å²) in [6.45, 7) is 2.47. The van der Waals surface area contributed by atoms with Crippen molar-refractivity contribution in [1.82, 2.24) is 15.3 Å². The summed E-state index contributed by atoms with van der Waals surface area (Å²) in [6.07, 6.45) is 5.59. The minimum Gasteiger partial charge on any atom is -0.497 e. The molecule has 0 bridgehead atoms. The zero-order chi connectivity index (χ0) is 16.1. The van der Waals surface area contributed by atoms with E-state index in [4.69, 9.17) is 4.74 Å². The van der Waals surface area contributed by atoms with Gasteiger partial charge in [-0.2, -0.15) is 0 Å². The lowest BCUT2D eigenvalue weighted by molar-refractivity contribution is 0.0945. The first-order valence-corrected chi connectivity index (χ1v) is 7.74. The van der Waals surface area contributed by atoms with Crippen LogP contribution < -0.4 is 15.0 Å². The molecule has 0 spiro atoms. The molecule has 1 aromatic heterocycles. The van der Waals surface area contributed by atoms with Crippen molar-refractivity contribution in [3.05, 3.63) is 47.9 Å². The van der Waals surface area contributed by atoms with Crippen LogP contribution in [0.5, 0.6) is 5.75 Å². The van der Waals surface area contributed by atoms with E-state index >= 15 is 0 Å².